The second-order valence-electron chi connectivity index (χ2n) is 19.2. The topological polar surface area (TPSA) is 335 Å². The number of hydrogen-bond acceptors (Lipinski definition) is 13. The quantitative estimate of drug-likeness (QED) is 0.0468. The number of rotatable bonds is 17. The van der Waals surface area contributed by atoms with Crippen LogP contribution in [-0.2, 0) is 57.6 Å². The van der Waals surface area contributed by atoms with Crippen LogP contribution < -0.4 is 54.4 Å². The summed E-state index contributed by atoms with van der Waals surface area (Å²) < 4.78 is 0. The number of nitrogens with two attached hydrogens (primary N) is 3. The van der Waals surface area contributed by atoms with Crippen molar-refractivity contribution in [2.24, 2.45) is 23.1 Å². The van der Waals surface area contributed by atoms with Gasteiger partial charge in [-0.1, -0.05) is 115 Å². The average Bonchev–Trinajstić information content (AvgIpc) is 3.81. The highest BCUT2D eigenvalue weighted by atomic mass is 33.1. The Bertz CT molecular complexity index is 2850. The number of para-hydroxylation sites is 1. The third-order valence-corrected chi connectivity index (χ3v) is 15.5. The molecule has 0 aliphatic carbocycles. The van der Waals surface area contributed by atoms with Crippen LogP contribution >= 0.6 is 21.6 Å². The van der Waals surface area contributed by atoms with Crippen LogP contribution in [0.15, 0.2) is 97.2 Å². The van der Waals surface area contributed by atoms with Gasteiger partial charge in [0, 0.05) is 41.4 Å². The Morgan fingerprint density at radius 1 is 0.724 bits per heavy atom. The van der Waals surface area contributed by atoms with Crippen LogP contribution in [-0.4, -0.2) is 124 Å². The molecule has 5 aromatic rings. The van der Waals surface area contributed by atoms with E-state index < -0.39 is 102 Å². The molecule has 1 aliphatic heterocycles. The number of benzene rings is 4. The second kappa shape index (κ2) is 28.1. The van der Waals surface area contributed by atoms with Crippen molar-refractivity contribution in [3.8, 4) is 5.75 Å². The van der Waals surface area contributed by atoms with E-state index in [1.165, 1.54) is 12.1 Å². The van der Waals surface area contributed by atoms with Crippen LogP contribution in [0.4, 0.5) is 0 Å². The van der Waals surface area contributed by atoms with Gasteiger partial charge < -0.3 is 64.5 Å². The fourth-order valence-corrected chi connectivity index (χ4v) is 11.0. The number of fused-ring (bicyclic) bond motifs is 2. The maximum Gasteiger partial charge on any atom is 0.244 e. The first kappa shape index (κ1) is 58.1. The first-order valence-electron chi connectivity index (χ1n) is 25.4. The largest absolute Gasteiger partial charge is 0.508 e. The SMILES string of the molecule is CCC(NC(=O)C1CSSCC(NC(=O)C(N)Cc2ccc3ccccc3c2)C(=O)NC(Cc2ccc(O)cc2)C(=O)NC(Cc2c[nH]c3ccccc23)C(=O)NC(CCCCN)C(=O)NC(C(C)C)C(=O)N1)C(N)=O. The van der Waals surface area contributed by atoms with E-state index in [0.717, 1.165) is 48.8 Å². The number of aromatic hydroxyl groups is 1. The monoisotopic (exact) mass is 1080 g/mol. The molecule has 1 saturated heterocycles. The number of phenols is 1. The smallest absolute Gasteiger partial charge is 0.244 e. The number of aromatic amines is 1. The van der Waals surface area contributed by atoms with Gasteiger partial charge in [-0.15, -0.1) is 0 Å². The molecule has 406 valence electrons. The molecular formula is C54H69N11O9S2. The summed E-state index contributed by atoms with van der Waals surface area (Å²) in [4.78, 5) is 116. The molecule has 0 spiro atoms. The summed E-state index contributed by atoms with van der Waals surface area (Å²) in [5.74, 6) is -6.87. The molecule has 15 N–H and O–H groups in total. The predicted molar refractivity (Wildman–Crippen MR) is 295 cm³/mol. The van der Waals surface area contributed by atoms with Gasteiger partial charge in [0.05, 0.1) is 6.04 Å². The average molecular weight is 1080 g/mol. The van der Waals surface area contributed by atoms with Gasteiger partial charge in [0.25, 0.3) is 0 Å². The summed E-state index contributed by atoms with van der Waals surface area (Å²) in [5, 5.41) is 32.2. The summed E-state index contributed by atoms with van der Waals surface area (Å²) in [6, 6.07) is 16.7. The highest BCUT2D eigenvalue weighted by Crippen LogP contribution is 2.25. The zero-order valence-electron chi connectivity index (χ0n) is 42.8. The highest BCUT2D eigenvalue weighted by Gasteiger charge is 2.36. The lowest BCUT2D eigenvalue weighted by Crippen LogP contribution is -2.61. The molecule has 8 amide bonds. The van der Waals surface area contributed by atoms with Crippen molar-refractivity contribution in [2.75, 3.05) is 18.1 Å². The van der Waals surface area contributed by atoms with Gasteiger partial charge >= 0.3 is 0 Å². The number of unbranched alkanes of at least 4 members (excludes halogenated alkanes) is 1. The number of phenolic OH excluding ortho intramolecular Hbond substituents is 1. The summed E-state index contributed by atoms with van der Waals surface area (Å²) >= 11 is 0. The predicted octanol–water partition coefficient (Wildman–Crippen LogP) is 1.85. The fourth-order valence-electron chi connectivity index (χ4n) is 8.67. The van der Waals surface area contributed by atoms with Gasteiger partial charge in [-0.2, -0.15) is 0 Å². The van der Waals surface area contributed by atoms with Crippen LogP contribution in [0.5, 0.6) is 5.75 Å². The second-order valence-corrected chi connectivity index (χ2v) is 21.7. The Labute approximate surface area is 449 Å². The molecule has 20 nitrogen and oxygen atoms in total. The molecule has 1 aromatic heterocycles. The number of carbonyl (C=O) groups is 8. The van der Waals surface area contributed by atoms with E-state index in [1.807, 2.05) is 66.7 Å². The maximum absolute atomic E-state index is 14.9. The lowest BCUT2D eigenvalue weighted by Gasteiger charge is -2.29. The molecule has 22 heteroatoms. The minimum atomic E-state index is -1.39. The van der Waals surface area contributed by atoms with Crippen LogP contribution in [0.3, 0.4) is 0 Å². The zero-order chi connectivity index (χ0) is 54.9. The van der Waals surface area contributed by atoms with Gasteiger partial charge in [0.15, 0.2) is 0 Å². The molecule has 0 saturated carbocycles. The third-order valence-electron chi connectivity index (χ3n) is 13.1. The molecular weight excluding hydrogens is 1010 g/mol. The van der Waals surface area contributed by atoms with Crippen LogP contribution in [0.25, 0.3) is 21.7 Å². The van der Waals surface area contributed by atoms with Crippen molar-refractivity contribution in [3.05, 3.63) is 114 Å². The van der Waals surface area contributed by atoms with Crippen molar-refractivity contribution in [1.29, 1.82) is 0 Å². The van der Waals surface area contributed by atoms with Gasteiger partial charge in [-0.25, -0.2) is 0 Å². The molecule has 1 fully saturated rings. The van der Waals surface area contributed by atoms with E-state index in [2.05, 4.69) is 42.2 Å². The van der Waals surface area contributed by atoms with E-state index in [9.17, 15) is 43.5 Å². The molecule has 1 aliphatic rings. The number of H-pyrrole nitrogens is 1. The minimum Gasteiger partial charge on any atom is -0.508 e. The molecule has 0 radical (unpaired) electrons. The van der Waals surface area contributed by atoms with E-state index in [-0.39, 0.29) is 49.4 Å². The Balaban J connectivity index is 1.39. The molecule has 76 heavy (non-hydrogen) atoms. The number of amides is 8. The number of carbonyl (C=O) groups excluding carboxylic acids is 8. The molecule has 6 rings (SSSR count). The van der Waals surface area contributed by atoms with Crippen molar-refractivity contribution < 1.29 is 43.5 Å². The van der Waals surface area contributed by atoms with Gasteiger partial charge in [-0.3, -0.25) is 38.4 Å². The van der Waals surface area contributed by atoms with Crippen molar-refractivity contribution >= 4 is 90.5 Å². The normalized spacial score (nSPS) is 21.3. The number of aromatic nitrogens is 1. The molecule has 8 unspecified atom stereocenters. The molecule has 8 atom stereocenters. The minimum absolute atomic E-state index is 0.0386. The Morgan fingerprint density at radius 2 is 1.36 bits per heavy atom. The molecule has 2 heterocycles. The Morgan fingerprint density at radius 3 is 2.05 bits per heavy atom. The fraction of sp³-hybridized carbons (Fsp3) is 0.407. The third kappa shape index (κ3) is 16.4. The van der Waals surface area contributed by atoms with Crippen LogP contribution in [0, 0.1) is 5.92 Å². The lowest BCUT2D eigenvalue weighted by atomic mass is 10.00. The Hall–Kier alpha value is -7.14. The summed E-state index contributed by atoms with van der Waals surface area (Å²) in [6.07, 6.45) is 2.76. The highest BCUT2D eigenvalue weighted by molar-refractivity contribution is 8.76. The Kier molecular flexibility index (Phi) is 21.5. The van der Waals surface area contributed by atoms with Crippen LogP contribution in [0.2, 0.25) is 0 Å². The maximum atomic E-state index is 14.9. The standard InChI is InChI=1S/C54H69N11O9S2/c1-4-39(47(57)67)59-52(72)45-29-76-75-28-44(63-48(68)38(56)24-32-16-19-33-11-5-6-12-34(33)23-32)53(73)61-42(25-31-17-20-36(66)21-18-31)50(70)62-43(26-35-27-58-40-14-8-7-13-37(35)40)51(71)60-41(15-9-10-22-55)49(69)65-46(30(2)3)54(74)64-45/h5-8,11-14,16-21,23,27,30,38-39,41-46,58,66H,4,9-10,15,22,24-26,28-29,55-56H2,1-3H3,(H2,57,67)(H,59,72)(H,60,71)(H,61,73)(H,62,70)(H,63,68)(H,64,74)(H,65,69). The number of nitrogens with one attached hydrogen (secondary N) is 8. The van der Waals surface area contributed by atoms with E-state index in [0.29, 0.717) is 30.5 Å². The van der Waals surface area contributed by atoms with Gasteiger partial charge in [-0.05, 0) is 90.2 Å². The summed E-state index contributed by atoms with van der Waals surface area (Å²) in [7, 11) is 2.14. The molecule has 4 aromatic carbocycles. The van der Waals surface area contributed by atoms with E-state index >= 15 is 0 Å². The van der Waals surface area contributed by atoms with Gasteiger partial charge in [0.2, 0.25) is 47.3 Å². The van der Waals surface area contributed by atoms with Gasteiger partial charge in [0.1, 0.15) is 48.0 Å². The summed E-state index contributed by atoms with van der Waals surface area (Å²) in [5.41, 5.74) is 20.7. The lowest BCUT2D eigenvalue weighted by molar-refractivity contribution is -0.136. The van der Waals surface area contributed by atoms with E-state index in [1.54, 1.807) is 39.1 Å². The summed E-state index contributed by atoms with van der Waals surface area (Å²) in [6.45, 7) is 5.33. The van der Waals surface area contributed by atoms with Crippen molar-refractivity contribution in [1.82, 2.24) is 42.2 Å². The number of hydrogen-bond donors (Lipinski definition) is 12. The first-order chi connectivity index (χ1) is 36.4. The van der Waals surface area contributed by atoms with E-state index in [4.69, 9.17) is 17.2 Å². The van der Waals surface area contributed by atoms with Crippen molar-refractivity contribution in [3.63, 3.8) is 0 Å². The van der Waals surface area contributed by atoms with Crippen LogP contribution in [0.1, 0.15) is 63.1 Å². The van der Waals surface area contributed by atoms with Crippen molar-refractivity contribution in [2.45, 2.75) is 114 Å². The zero-order valence-corrected chi connectivity index (χ0v) is 44.4. The molecule has 0 bridgehead atoms. The first-order valence-corrected chi connectivity index (χ1v) is 27.9. The number of primary amides is 1.